The average molecular weight is 647 g/mol. The van der Waals surface area contributed by atoms with Crippen LogP contribution in [0.2, 0.25) is 0 Å². The van der Waals surface area contributed by atoms with E-state index in [0.717, 1.165) is 5.56 Å². The van der Waals surface area contributed by atoms with Crippen LogP contribution in [0.15, 0.2) is 30.3 Å². The van der Waals surface area contributed by atoms with Gasteiger partial charge in [-0.2, -0.15) is 0 Å². The van der Waals surface area contributed by atoms with Gasteiger partial charge in [0.15, 0.2) is 17.9 Å². The Morgan fingerprint density at radius 3 is 1.65 bits per heavy atom. The van der Waals surface area contributed by atoms with Gasteiger partial charge in [-0.25, -0.2) is 5.43 Å². The van der Waals surface area contributed by atoms with Gasteiger partial charge < -0.3 is 49.5 Å². The standard InChI is InChI=1S/C28H50N14O4/c1-16(2)14-20(40-25(46)21(41-42-28(34)35)15-17-8-4-3-5-9-17)24(45)39-19(11-7-13-37-27(32)33)23(44)38-18(22(29)43)10-6-12-36-26(30)31/h3-5,8-9,16,18-21,41H,6-7,10-15H2,1-2H3,(H2,29,43)(H,38,44)(H,39,45)(H,40,46)(H4,30,31,36)(H4,32,33,37)(H4,34,35,42)/t18-,19-,20-,21-/m0/s1. The second-order valence-corrected chi connectivity index (χ2v) is 11.1. The molecule has 0 spiro atoms. The molecule has 46 heavy (non-hydrogen) atoms. The van der Waals surface area contributed by atoms with Gasteiger partial charge in [-0.15, -0.1) is 0 Å². The number of amides is 4. The summed E-state index contributed by atoms with van der Waals surface area (Å²) in [6.45, 7) is 4.27. The van der Waals surface area contributed by atoms with Crippen LogP contribution in [0.5, 0.6) is 0 Å². The molecule has 0 aliphatic rings. The van der Waals surface area contributed by atoms with Crippen molar-refractivity contribution in [2.45, 2.75) is 76.5 Å². The molecule has 0 saturated carbocycles. The molecule has 18 heteroatoms. The van der Waals surface area contributed by atoms with Gasteiger partial charge in [0.25, 0.3) is 0 Å². The molecule has 0 heterocycles. The van der Waals surface area contributed by atoms with Gasteiger partial charge in [-0.3, -0.25) is 40.8 Å². The number of nitrogens with one attached hydrogen (secondary N) is 10. The number of carbonyl (C=O) groups excluding carboxylic acids is 4. The van der Waals surface area contributed by atoms with E-state index >= 15 is 0 Å². The Balaban J connectivity index is 3.13. The van der Waals surface area contributed by atoms with Crippen LogP contribution in [0.4, 0.5) is 0 Å². The van der Waals surface area contributed by atoms with Crippen molar-refractivity contribution < 1.29 is 19.2 Å². The van der Waals surface area contributed by atoms with Crippen molar-refractivity contribution in [3.8, 4) is 0 Å². The molecule has 18 nitrogen and oxygen atoms in total. The molecular formula is C28H50N14O4. The van der Waals surface area contributed by atoms with E-state index in [-0.39, 0.29) is 56.6 Å². The maximum Gasteiger partial charge on any atom is 0.243 e. The molecule has 0 unspecified atom stereocenters. The molecule has 1 rings (SSSR count). The smallest absolute Gasteiger partial charge is 0.243 e. The number of nitrogens with two attached hydrogens (primary N) is 4. The van der Waals surface area contributed by atoms with Crippen molar-refractivity contribution in [3.05, 3.63) is 35.9 Å². The molecule has 0 aliphatic carbocycles. The van der Waals surface area contributed by atoms with Gasteiger partial charge in [0.05, 0.1) is 0 Å². The van der Waals surface area contributed by atoms with Crippen molar-refractivity contribution in [1.82, 2.24) is 37.4 Å². The molecule has 0 aromatic heterocycles. The lowest BCUT2D eigenvalue weighted by Crippen LogP contribution is -2.60. The summed E-state index contributed by atoms with van der Waals surface area (Å²) in [5.74, 6) is -3.53. The van der Waals surface area contributed by atoms with Crippen LogP contribution in [0, 0.1) is 22.1 Å². The SMILES string of the molecule is CC(C)C[C@H](NC(=O)[C@H](Cc1ccccc1)NNC(=N)N)C(=O)N[C@@H](CCCNC(=N)N)C(=O)N[C@@H](CCCNC(=N)N)C(N)=O. The average Bonchev–Trinajstić information content (AvgIpc) is 2.97. The maximum absolute atomic E-state index is 13.6. The second-order valence-electron chi connectivity index (χ2n) is 11.1. The number of hydrogen-bond acceptors (Lipinski definition) is 8. The summed E-state index contributed by atoms with van der Waals surface area (Å²) in [6.07, 6.45) is 1.41. The molecule has 256 valence electrons. The van der Waals surface area contributed by atoms with Gasteiger partial charge in [-0.1, -0.05) is 44.2 Å². The fourth-order valence-electron chi connectivity index (χ4n) is 4.36. The zero-order valence-corrected chi connectivity index (χ0v) is 26.4. The second kappa shape index (κ2) is 20.8. The van der Waals surface area contributed by atoms with Crippen LogP contribution >= 0.6 is 0 Å². The monoisotopic (exact) mass is 646 g/mol. The molecule has 0 bridgehead atoms. The molecule has 1 aromatic rings. The highest BCUT2D eigenvalue weighted by molar-refractivity contribution is 5.94. The van der Waals surface area contributed by atoms with Crippen LogP contribution < -0.4 is 60.4 Å². The van der Waals surface area contributed by atoms with Crippen LogP contribution in [-0.4, -0.2) is 78.8 Å². The quantitative estimate of drug-likeness (QED) is 0.0278. The van der Waals surface area contributed by atoms with E-state index in [9.17, 15) is 19.2 Å². The molecular weight excluding hydrogens is 596 g/mol. The Labute approximate surface area is 268 Å². The number of benzene rings is 1. The Bertz CT molecular complexity index is 1180. The molecule has 0 saturated heterocycles. The summed E-state index contributed by atoms with van der Waals surface area (Å²) < 4.78 is 0. The third-order valence-electron chi connectivity index (χ3n) is 6.58. The van der Waals surface area contributed by atoms with Gasteiger partial charge >= 0.3 is 0 Å². The molecule has 0 aliphatic heterocycles. The molecule has 4 amide bonds. The first-order chi connectivity index (χ1) is 21.7. The van der Waals surface area contributed by atoms with Gasteiger partial charge in [0.2, 0.25) is 23.6 Å². The fourth-order valence-corrected chi connectivity index (χ4v) is 4.36. The van der Waals surface area contributed by atoms with Crippen molar-refractivity contribution in [2.75, 3.05) is 13.1 Å². The van der Waals surface area contributed by atoms with E-state index in [2.05, 4.69) is 37.4 Å². The first-order valence-corrected chi connectivity index (χ1v) is 14.9. The lowest BCUT2D eigenvalue weighted by Gasteiger charge is -2.27. The number of carbonyl (C=O) groups is 4. The predicted octanol–water partition coefficient (Wildman–Crippen LogP) is -2.90. The molecule has 0 radical (unpaired) electrons. The topological polar surface area (TPSA) is 328 Å². The lowest BCUT2D eigenvalue weighted by atomic mass is 10.0. The molecule has 18 N–H and O–H groups in total. The normalized spacial score (nSPS) is 13.3. The van der Waals surface area contributed by atoms with Gasteiger partial charge in [0.1, 0.15) is 24.2 Å². The zero-order valence-electron chi connectivity index (χ0n) is 26.4. The van der Waals surface area contributed by atoms with Crippen LogP contribution in [0.3, 0.4) is 0 Å². The van der Waals surface area contributed by atoms with E-state index in [1.807, 2.05) is 44.2 Å². The molecule has 0 fully saturated rings. The van der Waals surface area contributed by atoms with Crippen molar-refractivity contribution >= 4 is 41.5 Å². The summed E-state index contributed by atoms with van der Waals surface area (Å²) in [5.41, 5.74) is 27.5. The van der Waals surface area contributed by atoms with E-state index in [4.69, 9.17) is 39.2 Å². The van der Waals surface area contributed by atoms with Crippen LogP contribution in [0.25, 0.3) is 0 Å². The fraction of sp³-hybridized carbons (Fsp3) is 0.536. The summed E-state index contributed by atoms with van der Waals surface area (Å²) in [5, 5.41) is 35.3. The molecule has 1 aromatic carbocycles. The van der Waals surface area contributed by atoms with Crippen molar-refractivity contribution in [1.29, 1.82) is 16.2 Å². The minimum atomic E-state index is -1.12. The predicted molar refractivity (Wildman–Crippen MR) is 175 cm³/mol. The van der Waals surface area contributed by atoms with Crippen molar-refractivity contribution in [3.63, 3.8) is 0 Å². The number of guanidine groups is 3. The zero-order chi connectivity index (χ0) is 34.6. The summed E-state index contributed by atoms with van der Waals surface area (Å²) >= 11 is 0. The Hall–Kier alpha value is -5.13. The minimum Gasteiger partial charge on any atom is -0.370 e. The van der Waals surface area contributed by atoms with E-state index in [1.165, 1.54) is 0 Å². The molecule has 4 atom stereocenters. The number of hydrogen-bond donors (Lipinski definition) is 14. The Morgan fingerprint density at radius 1 is 0.674 bits per heavy atom. The number of primary amides is 1. The third kappa shape index (κ3) is 16.6. The minimum absolute atomic E-state index is 0.0261. The number of rotatable bonds is 21. The Morgan fingerprint density at radius 2 is 1.15 bits per heavy atom. The van der Waals surface area contributed by atoms with Crippen LogP contribution in [-0.2, 0) is 25.6 Å². The first kappa shape index (κ1) is 38.9. The van der Waals surface area contributed by atoms with Crippen molar-refractivity contribution in [2.24, 2.45) is 28.9 Å². The van der Waals surface area contributed by atoms with E-state index < -0.39 is 53.8 Å². The third-order valence-corrected chi connectivity index (χ3v) is 6.58. The summed E-state index contributed by atoms with van der Waals surface area (Å²) in [4.78, 5) is 52.5. The largest absolute Gasteiger partial charge is 0.370 e. The van der Waals surface area contributed by atoms with Gasteiger partial charge in [0, 0.05) is 13.1 Å². The lowest BCUT2D eigenvalue weighted by molar-refractivity contribution is -0.134. The highest BCUT2D eigenvalue weighted by Crippen LogP contribution is 2.09. The summed E-state index contributed by atoms with van der Waals surface area (Å²) in [7, 11) is 0. The Kier molecular flexibility index (Phi) is 17.6. The van der Waals surface area contributed by atoms with E-state index in [0.29, 0.717) is 12.8 Å². The van der Waals surface area contributed by atoms with Crippen LogP contribution in [0.1, 0.15) is 51.5 Å². The van der Waals surface area contributed by atoms with Gasteiger partial charge in [-0.05, 0) is 50.0 Å². The summed E-state index contributed by atoms with van der Waals surface area (Å²) in [6, 6.07) is 5.00. The van der Waals surface area contributed by atoms with E-state index in [1.54, 1.807) is 0 Å². The highest BCUT2D eigenvalue weighted by Gasteiger charge is 2.31. The maximum atomic E-state index is 13.6. The number of hydrazine groups is 1. The first-order valence-electron chi connectivity index (χ1n) is 14.9. The highest BCUT2D eigenvalue weighted by atomic mass is 16.2.